The number of nitrogens with one attached hydrogen (secondary N) is 1. The highest BCUT2D eigenvalue weighted by atomic mass is 32.1. The first kappa shape index (κ1) is 15.9. The lowest BCUT2D eigenvalue weighted by Gasteiger charge is -2.08. The summed E-state index contributed by atoms with van der Waals surface area (Å²) in [5.74, 6) is -0.446. The number of carbonyl (C=O) groups is 2. The molecule has 1 atom stereocenters. The van der Waals surface area contributed by atoms with Crippen molar-refractivity contribution in [3.63, 3.8) is 0 Å². The van der Waals surface area contributed by atoms with Gasteiger partial charge in [0.05, 0.1) is 11.3 Å². The summed E-state index contributed by atoms with van der Waals surface area (Å²) in [4.78, 5) is 24.3. The molecule has 5 nitrogen and oxygen atoms in total. The van der Waals surface area contributed by atoms with Crippen LogP contribution in [-0.2, 0) is 16.1 Å². The standard InChI is InChI=1S/C14H18N2O3S2/c1-3-19-14(18)13-9(7-16-11(17)6-8(2)15)12-10(21-13)4-5-20-12/h4-5,8H,3,6-7,15H2,1-2H3,(H,16,17). The fourth-order valence-corrected chi connectivity index (χ4v) is 4.22. The molecule has 0 fully saturated rings. The van der Waals surface area contributed by atoms with Crippen molar-refractivity contribution in [1.29, 1.82) is 0 Å². The fraction of sp³-hybridized carbons (Fsp3) is 0.429. The number of esters is 1. The number of thiophene rings is 2. The van der Waals surface area contributed by atoms with Crippen LogP contribution in [0.2, 0.25) is 0 Å². The van der Waals surface area contributed by atoms with Crippen molar-refractivity contribution >= 4 is 43.9 Å². The van der Waals surface area contributed by atoms with E-state index in [1.807, 2.05) is 11.4 Å². The second-order valence-electron chi connectivity index (χ2n) is 4.70. The van der Waals surface area contributed by atoms with E-state index >= 15 is 0 Å². The van der Waals surface area contributed by atoms with Gasteiger partial charge in [0.1, 0.15) is 4.88 Å². The Labute approximate surface area is 131 Å². The summed E-state index contributed by atoms with van der Waals surface area (Å²) in [5.41, 5.74) is 6.44. The van der Waals surface area contributed by atoms with E-state index in [-0.39, 0.29) is 24.3 Å². The predicted molar refractivity (Wildman–Crippen MR) is 85.8 cm³/mol. The van der Waals surface area contributed by atoms with E-state index < -0.39 is 0 Å². The van der Waals surface area contributed by atoms with Crippen LogP contribution < -0.4 is 11.1 Å². The van der Waals surface area contributed by atoms with E-state index in [1.54, 1.807) is 25.2 Å². The van der Waals surface area contributed by atoms with Crippen molar-refractivity contribution in [2.24, 2.45) is 5.73 Å². The van der Waals surface area contributed by atoms with Gasteiger partial charge in [0.25, 0.3) is 0 Å². The van der Waals surface area contributed by atoms with Gasteiger partial charge in [-0.15, -0.1) is 22.7 Å². The molecule has 2 heterocycles. The molecule has 0 radical (unpaired) electrons. The van der Waals surface area contributed by atoms with Crippen molar-refractivity contribution < 1.29 is 14.3 Å². The summed E-state index contributed by atoms with van der Waals surface area (Å²) < 4.78 is 7.16. The molecule has 0 spiro atoms. The molecule has 0 aliphatic heterocycles. The minimum absolute atomic E-state index is 0.115. The Balaban J connectivity index is 2.20. The number of hydrogen-bond donors (Lipinski definition) is 2. The molecule has 1 amide bonds. The van der Waals surface area contributed by atoms with Gasteiger partial charge in [-0.2, -0.15) is 0 Å². The third-order valence-electron chi connectivity index (χ3n) is 2.82. The summed E-state index contributed by atoms with van der Waals surface area (Å²) >= 11 is 2.97. The molecular weight excluding hydrogens is 308 g/mol. The molecule has 3 N–H and O–H groups in total. The molecule has 0 saturated heterocycles. The summed E-state index contributed by atoms with van der Waals surface area (Å²) in [5, 5.41) is 4.80. The van der Waals surface area contributed by atoms with Crippen LogP contribution >= 0.6 is 22.7 Å². The second-order valence-corrected chi connectivity index (χ2v) is 6.67. The first-order valence-electron chi connectivity index (χ1n) is 6.71. The number of nitrogens with two attached hydrogens (primary N) is 1. The zero-order valence-electron chi connectivity index (χ0n) is 12.0. The van der Waals surface area contributed by atoms with Gasteiger partial charge >= 0.3 is 5.97 Å². The lowest BCUT2D eigenvalue weighted by molar-refractivity contribution is -0.121. The Morgan fingerprint density at radius 2 is 2.24 bits per heavy atom. The maximum Gasteiger partial charge on any atom is 0.348 e. The molecule has 2 aromatic rings. The smallest absolute Gasteiger partial charge is 0.348 e. The molecule has 0 aliphatic rings. The Morgan fingerprint density at radius 1 is 1.48 bits per heavy atom. The van der Waals surface area contributed by atoms with Crippen molar-refractivity contribution in [2.75, 3.05) is 6.61 Å². The third kappa shape index (κ3) is 3.81. The van der Waals surface area contributed by atoms with Gasteiger partial charge in [0.15, 0.2) is 0 Å². The van der Waals surface area contributed by atoms with Crippen molar-refractivity contribution in [3.8, 4) is 0 Å². The number of carbonyl (C=O) groups excluding carboxylic acids is 2. The maximum absolute atomic E-state index is 12.0. The molecule has 1 unspecified atom stereocenters. The number of rotatable bonds is 6. The van der Waals surface area contributed by atoms with Crippen LogP contribution in [0.25, 0.3) is 9.40 Å². The first-order chi connectivity index (χ1) is 10.0. The molecule has 7 heteroatoms. The van der Waals surface area contributed by atoms with E-state index in [1.165, 1.54) is 11.3 Å². The fourth-order valence-electron chi connectivity index (χ4n) is 1.95. The average Bonchev–Trinajstić information content (AvgIpc) is 2.96. The van der Waals surface area contributed by atoms with E-state index in [0.29, 0.717) is 18.0 Å². The highest BCUT2D eigenvalue weighted by molar-refractivity contribution is 7.28. The van der Waals surface area contributed by atoms with Gasteiger partial charge in [-0.1, -0.05) is 0 Å². The molecule has 2 aromatic heterocycles. The average molecular weight is 326 g/mol. The lowest BCUT2D eigenvalue weighted by Crippen LogP contribution is -2.29. The van der Waals surface area contributed by atoms with Crippen molar-refractivity contribution in [1.82, 2.24) is 5.32 Å². The number of ether oxygens (including phenoxy) is 1. The van der Waals surface area contributed by atoms with Crippen LogP contribution in [0.15, 0.2) is 11.4 Å². The zero-order chi connectivity index (χ0) is 15.4. The predicted octanol–water partition coefficient (Wildman–Crippen LogP) is 2.49. The summed E-state index contributed by atoms with van der Waals surface area (Å²) in [6.45, 7) is 4.21. The lowest BCUT2D eigenvalue weighted by atomic mass is 10.2. The van der Waals surface area contributed by atoms with Gasteiger partial charge in [-0.25, -0.2) is 4.79 Å². The van der Waals surface area contributed by atoms with E-state index in [2.05, 4.69) is 5.32 Å². The minimum Gasteiger partial charge on any atom is -0.462 e. The van der Waals surface area contributed by atoms with Gasteiger partial charge in [0, 0.05) is 29.3 Å². The van der Waals surface area contributed by atoms with Crippen molar-refractivity contribution in [2.45, 2.75) is 32.9 Å². The van der Waals surface area contributed by atoms with Gasteiger partial charge in [-0.3, -0.25) is 4.79 Å². The number of fused-ring (bicyclic) bond motifs is 1. The monoisotopic (exact) mass is 326 g/mol. The first-order valence-corrected chi connectivity index (χ1v) is 8.40. The molecule has 2 rings (SSSR count). The number of amides is 1. The highest BCUT2D eigenvalue weighted by Gasteiger charge is 2.20. The topological polar surface area (TPSA) is 81.4 Å². The Kier molecular flexibility index (Phi) is 5.33. The molecule has 21 heavy (non-hydrogen) atoms. The normalized spacial score (nSPS) is 12.3. The Hall–Kier alpha value is -1.44. The van der Waals surface area contributed by atoms with Crippen LogP contribution in [0.3, 0.4) is 0 Å². The van der Waals surface area contributed by atoms with E-state index in [0.717, 1.165) is 15.0 Å². The second kappa shape index (κ2) is 7.02. The Bertz CT molecular complexity index is 646. The summed E-state index contributed by atoms with van der Waals surface area (Å²) in [6.07, 6.45) is 0.270. The minimum atomic E-state index is -0.331. The van der Waals surface area contributed by atoms with Crippen LogP contribution in [-0.4, -0.2) is 24.5 Å². The van der Waals surface area contributed by atoms with E-state index in [9.17, 15) is 9.59 Å². The van der Waals surface area contributed by atoms with Crippen LogP contribution in [0.5, 0.6) is 0 Å². The molecule has 0 bridgehead atoms. The quantitative estimate of drug-likeness (QED) is 0.799. The molecular formula is C14H18N2O3S2. The van der Waals surface area contributed by atoms with Crippen molar-refractivity contribution in [3.05, 3.63) is 21.9 Å². The van der Waals surface area contributed by atoms with Gasteiger partial charge in [0.2, 0.25) is 5.91 Å². The highest BCUT2D eigenvalue weighted by Crippen LogP contribution is 2.35. The Morgan fingerprint density at radius 3 is 2.90 bits per heavy atom. The van der Waals surface area contributed by atoms with E-state index in [4.69, 9.17) is 10.5 Å². The summed E-state index contributed by atoms with van der Waals surface area (Å²) in [7, 11) is 0. The SMILES string of the molecule is CCOC(=O)c1sc2ccsc2c1CNC(=O)CC(C)N. The summed E-state index contributed by atoms with van der Waals surface area (Å²) in [6, 6.07) is 1.79. The number of hydrogen-bond acceptors (Lipinski definition) is 6. The van der Waals surface area contributed by atoms with Gasteiger partial charge < -0.3 is 15.8 Å². The molecule has 114 valence electrons. The largest absolute Gasteiger partial charge is 0.462 e. The van der Waals surface area contributed by atoms with Crippen LogP contribution in [0.1, 0.15) is 35.5 Å². The zero-order valence-corrected chi connectivity index (χ0v) is 13.6. The maximum atomic E-state index is 12.0. The third-order valence-corrected chi connectivity index (χ3v) is 5.10. The van der Waals surface area contributed by atoms with Crippen LogP contribution in [0, 0.1) is 0 Å². The molecule has 0 aliphatic carbocycles. The van der Waals surface area contributed by atoms with Gasteiger partial charge in [-0.05, 0) is 25.3 Å². The van der Waals surface area contributed by atoms with Crippen LogP contribution in [0.4, 0.5) is 0 Å². The molecule has 0 aromatic carbocycles. The molecule has 0 saturated carbocycles.